The molecule has 1 aliphatic heterocycles. The van der Waals surface area contributed by atoms with Crippen molar-refractivity contribution in [3.8, 4) is 11.5 Å². The van der Waals surface area contributed by atoms with Crippen LogP contribution in [-0.4, -0.2) is 47.4 Å². The van der Waals surface area contributed by atoms with Gasteiger partial charge < -0.3 is 24.6 Å². The van der Waals surface area contributed by atoms with Crippen molar-refractivity contribution in [2.24, 2.45) is 0 Å². The van der Waals surface area contributed by atoms with Crippen molar-refractivity contribution >= 4 is 40.7 Å². The third-order valence-corrected chi connectivity index (χ3v) is 7.23. The number of ether oxygens (including phenoxy) is 2. The molecular formula is C26H29N3O4S2. The molecule has 35 heavy (non-hydrogen) atoms. The highest BCUT2D eigenvalue weighted by atomic mass is 32.2. The van der Waals surface area contributed by atoms with Gasteiger partial charge in [-0.3, -0.25) is 4.79 Å². The lowest BCUT2D eigenvalue weighted by atomic mass is 10.2. The average Bonchev–Trinajstić information content (AvgIpc) is 3.54. The topological polar surface area (TPSA) is 71.1 Å². The summed E-state index contributed by atoms with van der Waals surface area (Å²) < 4.78 is 10.9. The molecule has 0 atom stereocenters. The largest absolute Gasteiger partial charge is 0.454 e. The Morgan fingerprint density at radius 1 is 1.06 bits per heavy atom. The predicted molar refractivity (Wildman–Crippen MR) is 140 cm³/mol. The van der Waals surface area contributed by atoms with Gasteiger partial charge in [0, 0.05) is 28.0 Å². The zero-order valence-corrected chi connectivity index (χ0v) is 21.7. The molecule has 3 amide bonds. The minimum Gasteiger partial charge on any atom is -0.454 e. The van der Waals surface area contributed by atoms with Crippen molar-refractivity contribution in [3.63, 3.8) is 0 Å². The van der Waals surface area contributed by atoms with E-state index < -0.39 is 0 Å². The Balaban J connectivity index is 1.48. The summed E-state index contributed by atoms with van der Waals surface area (Å²) in [5, 5.41) is 4.92. The van der Waals surface area contributed by atoms with Gasteiger partial charge in [-0.05, 0) is 73.5 Å². The van der Waals surface area contributed by atoms with Crippen LogP contribution in [0.2, 0.25) is 0 Å². The maximum absolute atomic E-state index is 13.5. The van der Waals surface area contributed by atoms with E-state index in [-0.39, 0.29) is 31.3 Å². The van der Waals surface area contributed by atoms with Crippen LogP contribution in [0.1, 0.15) is 24.3 Å². The van der Waals surface area contributed by atoms with Gasteiger partial charge in [-0.1, -0.05) is 12.1 Å². The normalized spacial score (nSPS) is 12.0. The van der Waals surface area contributed by atoms with Crippen LogP contribution in [-0.2, 0) is 17.9 Å². The van der Waals surface area contributed by atoms with Crippen LogP contribution in [0.3, 0.4) is 0 Å². The SMILES string of the molecule is CSc1ccc(NC(=O)N(CC(=O)N(Cc2ccc3c(c2)OCO3)Cc2cccs2)C(C)C)cc1. The summed E-state index contributed by atoms with van der Waals surface area (Å²) in [6.07, 6.45) is 2.01. The van der Waals surface area contributed by atoms with Gasteiger partial charge in [0.1, 0.15) is 6.54 Å². The molecule has 0 saturated heterocycles. The van der Waals surface area contributed by atoms with E-state index in [2.05, 4.69) is 5.32 Å². The van der Waals surface area contributed by atoms with E-state index in [0.717, 1.165) is 15.3 Å². The molecule has 0 aliphatic carbocycles. The molecule has 3 aromatic rings. The summed E-state index contributed by atoms with van der Waals surface area (Å²) in [5.74, 6) is 1.26. The number of anilines is 1. The highest BCUT2D eigenvalue weighted by Crippen LogP contribution is 2.33. The van der Waals surface area contributed by atoms with Gasteiger partial charge in [-0.15, -0.1) is 23.1 Å². The average molecular weight is 512 g/mol. The lowest BCUT2D eigenvalue weighted by Crippen LogP contribution is -2.47. The molecule has 0 unspecified atom stereocenters. The number of benzene rings is 2. The van der Waals surface area contributed by atoms with Gasteiger partial charge >= 0.3 is 6.03 Å². The Morgan fingerprint density at radius 2 is 1.83 bits per heavy atom. The molecule has 0 fully saturated rings. The van der Waals surface area contributed by atoms with Crippen LogP contribution in [0.4, 0.5) is 10.5 Å². The number of carbonyl (C=O) groups is 2. The molecule has 0 radical (unpaired) electrons. The Hall–Kier alpha value is -3.17. The molecule has 1 aromatic heterocycles. The predicted octanol–water partition coefficient (Wildman–Crippen LogP) is 5.67. The van der Waals surface area contributed by atoms with Crippen molar-refractivity contribution < 1.29 is 19.1 Å². The molecule has 2 heterocycles. The minimum atomic E-state index is -0.301. The fraction of sp³-hybridized carbons (Fsp3) is 0.308. The summed E-state index contributed by atoms with van der Waals surface area (Å²) >= 11 is 3.24. The first kappa shape index (κ1) is 24.9. The molecule has 4 rings (SSSR count). The fourth-order valence-corrected chi connectivity index (χ4v) is 4.81. The zero-order valence-electron chi connectivity index (χ0n) is 20.0. The lowest BCUT2D eigenvalue weighted by molar-refractivity contribution is -0.133. The summed E-state index contributed by atoms with van der Waals surface area (Å²) in [6.45, 7) is 4.86. The first-order chi connectivity index (χ1) is 16.9. The van der Waals surface area contributed by atoms with E-state index in [0.29, 0.717) is 30.3 Å². The molecular weight excluding hydrogens is 482 g/mol. The van der Waals surface area contributed by atoms with Crippen molar-refractivity contribution in [1.82, 2.24) is 9.80 Å². The highest BCUT2D eigenvalue weighted by molar-refractivity contribution is 7.98. The van der Waals surface area contributed by atoms with E-state index in [1.54, 1.807) is 32.9 Å². The van der Waals surface area contributed by atoms with Crippen molar-refractivity contribution in [1.29, 1.82) is 0 Å². The number of hydrogen-bond donors (Lipinski definition) is 1. The summed E-state index contributed by atoms with van der Waals surface area (Å²) in [4.78, 5) is 32.1. The molecule has 2 aromatic carbocycles. The molecule has 0 spiro atoms. The van der Waals surface area contributed by atoms with Crippen molar-refractivity contribution in [2.45, 2.75) is 37.9 Å². The number of hydrogen-bond acceptors (Lipinski definition) is 6. The Labute approximate surface area is 214 Å². The highest BCUT2D eigenvalue weighted by Gasteiger charge is 2.25. The smallest absolute Gasteiger partial charge is 0.322 e. The van der Waals surface area contributed by atoms with Gasteiger partial charge in [0.05, 0.1) is 6.54 Å². The number of nitrogens with zero attached hydrogens (tertiary/aromatic N) is 2. The molecule has 184 valence electrons. The Bertz CT molecular complexity index is 1150. The van der Waals surface area contributed by atoms with Crippen molar-refractivity contribution in [3.05, 3.63) is 70.4 Å². The molecule has 0 bridgehead atoms. The number of urea groups is 1. The van der Waals surface area contributed by atoms with E-state index in [9.17, 15) is 9.59 Å². The number of rotatable bonds is 9. The van der Waals surface area contributed by atoms with E-state index >= 15 is 0 Å². The van der Waals surface area contributed by atoms with E-state index in [1.807, 2.05) is 80.1 Å². The number of thiophene rings is 1. The van der Waals surface area contributed by atoms with Crippen LogP contribution >= 0.6 is 23.1 Å². The van der Waals surface area contributed by atoms with E-state index in [4.69, 9.17) is 9.47 Å². The van der Waals surface area contributed by atoms with Crippen LogP contribution in [0.5, 0.6) is 11.5 Å². The third kappa shape index (κ3) is 6.49. The first-order valence-electron chi connectivity index (χ1n) is 11.3. The molecule has 7 nitrogen and oxygen atoms in total. The minimum absolute atomic E-state index is 0.0255. The molecule has 1 N–H and O–H groups in total. The fourth-order valence-electron chi connectivity index (χ4n) is 3.69. The quantitative estimate of drug-likeness (QED) is 0.375. The molecule has 9 heteroatoms. The number of carbonyl (C=O) groups excluding carboxylic acids is 2. The number of nitrogens with one attached hydrogen (secondary N) is 1. The zero-order chi connectivity index (χ0) is 24.8. The summed E-state index contributed by atoms with van der Waals surface area (Å²) in [7, 11) is 0. The maximum atomic E-state index is 13.5. The van der Waals surface area contributed by atoms with Crippen LogP contribution < -0.4 is 14.8 Å². The van der Waals surface area contributed by atoms with Gasteiger partial charge in [0.15, 0.2) is 11.5 Å². The monoisotopic (exact) mass is 511 g/mol. The first-order valence-corrected chi connectivity index (χ1v) is 13.4. The summed E-state index contributed by atoms with van der Waals surface area (Å²) in [6, 6.07) is 16.9. The second-order valence-corrected chi connectivity index (χ2v) is 10.3. The van der Waals surface area contributed by atoms with Crippen molar-refractivity contribution in [2.75, 3.05) is 24.9 Å². The van der Waals surface area contributed by atoms with E-state index in [1.165, 1.54) is 0 Å². The summed E-state index contributed by atoms with van der Waals surface area (Å²) in [5.41, 5.74) is 1.63. The Morgan fingerprint density at radius 3 is 2.51 bits per heavy atom. The third-order valence-electron chi connectivity index (χ3n) is 5.62. The van der Waals surface area contributed by atoms with Crippen LogP contribution in [0.25, 0.3) is 0 Å². The van der Waals surface area contributed by atoms with Gasteiger partial charge in [-0.25, -0.2) is 4.79 Å². The lowest BCUT2D eigenvalue weighted by Gasteiger charge is -2.30. The second-order valence-electron chi connectivity index (χ2n) is 8.40. The van der Waals surface area contributed by atoms with Gasteiger partial charge in [0.2, 0.25) is 12.7 Å². The standard InChI is InChI=1S/C26H29N3O4S2/c1-18(2)29(26(31)27-20-7-9-21(34-3)10-8-20)16-25(30)28(15-22-5-4-12-35-22)14-19-6-11-23-24(13-19)33-17-32-23/h4-13,18H,14-17H2,1-3H3,(H,27,31). The Kier molecular flexibility index (Phi) is 8.20. The molecule has 0 saturated carbocycles. The second kappa shape index (κ2) is 11.5. The van der Waals surface area contributed by atoms with Crippen LogP contribution in [0, 0.1) is 0 Å². The van der Waals surface area contributed by atoms with Crippen LogP contribution in [0.15, 0.2) is 64.9 Å². The maximum Gasteiger partial charge on any atom is 0.322 e. The number of thioether (sulfide) groups is 1. The van der Waals surface area contributed by atoms with Gasteiger partial charge in [0.25, 0.3) is 0 Å². The number of amides is 3. The van der Waals surface area contributed by atoms with Gasteiger partial charge in [-0.2, -0.15) is 0 Å². The number of fused-ring (bicyclic) bond motifs is 1. The molecule has 1 aliphatic rings.